The molecule has 0 amide bonds. The molecule has 0 atom stereocenters. The quantitative estimate of drug-likeness (QED) is 0.648. The maximum atomic E-state index is 6.02. The van der Waals surface area contributed by atoms with E-state index < -0.39 is 0 Å². The fourth-order valence-electron chi connectivity index (χ4n) is 2.61. The average molecular weight is 329 g/mol. The van der Waals surface area contributed by atoms with Crippen LogP contribution in [0.1, 0.15) is 12.1 Å². The van der Waals surface area contributed by atoms with Crippen LogP contribution in [0.2, 0.25) is 5.02 Å². The zero-order valence-electron chi connectivity index (χ0n) is 13.2. The SMILES string of the molecule is Cn1cccc1CNCCCNc1ccnc2cc(Cl)ccc12. The minimum atomic E-state index is 0.715. The van der Waals surface area contributed by atoms with Crippen LogP contribution in [-0.2, 0) is 13.6 Å². The lowest BCUT2D eigenvalue weighted by molar-refractivity contribution is 0.636. The first-order valence-electron chi connectivity index (χ1n) is 7.83. The number of hydrogen-bond acceptors (Lipinski definition) is 3. The Morgan fingerprint density at radius 3 is 2.91 bits per heavy atom. The summed E-state index contributed by atoms with van der Waals surface area (Å²) in [5.41, 5.74) is 3.33. The maximum Gasteiger partial charge on any atom is 0.0737 e. The second kappa shape index (κ2) is 7.49. The molecule has 0 radical (unpaired) electrons. The minimum Gasteiger partial charge on any atom is -0.384 e. The Morgan fingerprint density at radius 1 is 1.17 bits per heavy atom. The Bertz CT molecular complexity index is 782. The molecule has 5 heteroatoms. The van der Waals surface area contributed by atoms with Gasteiger partial charge in [0, 0.05) is 54.3 Å². The van der Waals surface area contributed by atoms with E-state index in [-0.39, 0.29) is 0 Å². The fourth-order valence-corrected chi connectivity index (χ4v) is 2.77. The van der Waals surface area contributed by atoms with E-state index in [9.17, 15) is 0 Å². The Morgan fingerprint density at radius 2 is 2.09 bits per heavy atom. The smallest absolute Gasteiger partial charge is 0.0737 e. The molecule has 0 fully saturated rings. The predicted molar refractivity (Wildman–Crippen MR) is 97.0 cm³/mol. The highest BCUT2D eigenvalue weighted by molar-refractivity contribution is 6.31. The van der Waals surface area contributed by atoms with Crippen molar-refractivity contribution in [2.24, 2.45) is 7.05 Å². The van der Waals surface area contributed by atoms with Crippen LogP contribution in [0.4, 0.5) is 5.69 Å². The van der Waals surface area contributed by atoms with Gasteiger partial charge >= 0.3 is 0 Å². The molecule has 1 aromatic carbocycles. The molecule has 4 nitrogen and oxygen atoms in total. The number of aromatic nitrogens is 2. The second-order valence-corrected chi connectivity index (χ2v) is 6.02. The van der Waals surface area contributed by atoms with Gasteiger partial charge in [0.15, 0.2) is 0 Å². The van der Waals surface area contributed by atoms with Crippen molar-refractivity contribution in [3.8, 4) is 0 Å². The molecule has 2 heterocycles. The maximum absolute atomic E-state index is 6.02. The first-order valence-corrected chi connectivity index (χ1v) is 8.21. The molecular weight excluding hydrogens is 308 g/mol. The van der Waals surface area contributed by atoms with Gasteiger partial charge in [0.25, 0.3) is 0 Å². The third kappa shape index (κ3) is 4.03. The average Bonchev–Trinajstić information content (AvgIpc) is 2.95. The van der Waals surface area contributed by atoms with E-state index in [2.05, 4.69) is 45.6 Å². The zero-order valence-corrected chi connectivity index (χ0v) is 14.0. The van der Waals surface area contributed by atoms with Crippen molar-refractivity contribution in [2.75, 3.05) is 18.4 Å². The molecular formula is C18H21ClN4. The number of benzene rings is 1. The number of nitrogens with one attached hydrogen (secondary N) is 2. The number of anilines is 1. The molecule has 0 unspecified atom stereocenters. The Kier molecular flexibility index (Phi) is 5.16. The monoisotopic (exact) mass is 328 g/mol. The van der Waals surface area contributed by atoms with Crippen LogP contribution in [0.5, 0.6) is 0 Å². The molecule has 0 saturated carbocycles. The summed E-state index contributed by atoms with van der Waals surface area (Å²) in [4.78, 5) is 4.36. The highest BCUT2D eigenvalue weighted by Crippen LogP contribution is 2.24. The largest absolute Gasteiger partial charge is 0.384 e. The molecule has 0 aliphatic heterocycles. The van der Waals surface area contributed by atoms with Gasteiger partial charge in [-0.25, -0.2) is 0 Å². The molecule has 0 saturated heterocycles. The van der Waals surface area contributed by atoms with Crippen molar-refractivity contribution in [1.82, 2.24) is 14.9 Å². The van der Waals surface area contributed by atoms with E-state index in [1.807, 2.05) is 30.5 Å². The third-order valence-electron chi connectivity index (χ3n) is 3.91. The van der Waals surface area contributed by atoms with E-state index in [1.54, 1.807) is 0 Å². The normalized spacial score (nSPS) is 11.0. The Labute approximate surface area is 141 Å². The number of halogens is 1. The van der Waals surface area contributed by atoms with Crippen LogP contribution in [0, 0.1) is 0 Å². The minimum absolute atomic E-state index is 0.715. The summed E-state index contributed by atoms with van der Waals surface area (Å²) in [6, 6.07) is 12.0. The van der Waals surface area contributed by atoms with Gasteiger partial charge in [-0.05, 0) is 49.4 Å². The van der Waals surface area contributed by atoms with Gasteiger partial charge in [-0.1, -0.05) is 11.6 Å². The number of pyridine rings is 1. The van der Waals surface area contributed by atoms with Crippen molar-refractivity contribution in [2.45, 2.75) is 13.0 Å². The van der Waals surface area contributed by atoms with Gasteiger partial charge in [0.1, 0.15) is 0 Å². The molecule has 0 aliphatic rings. The molecule has 0 aliphatic carbocycles. The van der Waals surface area contributed by atoms with Crippen molar-refractivity contribution >= 4 is 28.2 Å². The molecule has 3 aromatic rings. The number of fused-ring (bicyclic) bond motifs is 1. The molecule has 0 spiro atoms. The van der Waals surface area contributed by atoms with Gasteiger partial charge in [-0.15, -0.1) is 0 Å². The highest BCUT2D eigenvalue weighted by Gasteiger charge is 2.02. The van der Waals surface area contributed by atoms with Gasteiger partial charge in [0.2, 0.25) is 0 Å². The topological polar surface area (TPSA) is 41.9 Å². The molecule has 23 heavy (non-hydrogen) atoms. The highest BCUT2D eigenvalue weighted by atomic mass is 35.5. The van der Waals surface area contributed by atoms with Crippen LogP contribution in [-0.4, -0.2) is 22.6 Å². The standard InChI is InChI=1S/C18H21ClN4/c1-23-11-2-4-15(23)13-20-8-3-9-21-17-7-10-22-18-12-14(19)5-6-16(17)18/h2,4-7,10-12,20H,3,8-9,13H2,1H3,(H,21,22). The molecule has 0 bridgehead atoms. The Hall–Kier alpha value is -2.04. The molecule has 2 N–H and O–H groups in total. The summed E-state index contributed by atoms with van der Waals surface area (Å²) in [5, 5.41) is 8.77. The summed E-state index contributed by atoms with van der Waals surface area (Å²) < 4.78 is 2.14. The molecule has 120 valence electrons. The number of nitrogens with zero attached hydrogens (tertiary/aromatic N) is 2. The van der Waals surface area contributed by atoms with Gasteiger partial charge < -0.3 is 15.2 Å². The van der Waals surface area contributed by atoms with E-state index >= 15 is 0 Å². The van der Waals surface area contributed by atoms with E-state index in [4.69, 9.17) is 11.6 Å². The number of aryl methyl sites for hydroxylation is 1. The second-order valence-electron chi connectivity index (χ2n) is 5.59. The van der Waals surface area contributed by atoms with Crippen molar-refractivity contribution in [3.05, 3.63) is 59.5 Å². The van der Waals surface area contributed by atoms with Crippen LogP contribution in [0.3, 0.4) is 0 Å². The number of hydrogen-bond donors (Lipinski definition) is 2. The lowest BCUT2D eigenvalue weighted by Crippen LogP contribution is -2.19. The van der Waals surface area contributed by atoms with Crippen LogP contribution in [0.15, 0.2) is 48.8 Å². The van der Waals surface area contributed by atoms with Gasteiger partial charge in [-0.2, -0.15) is 0 Å². The van der Waals surface area contributed by atoms with Gasteiger partial charge in [0.05, 0.1) is 5.52 Å². The van der Waals surface area contributed by atoms with E-state index in [0.29, 0.717) is 5.02 Å². The van der Waals surface area contributed by atoms with Crippen molar-refractivity contribution in [3.63, 3.8) is 0 Å². The van der Waals surface area contributed by atoms with E-state index in [1.165, 1.54) is 5.69 Å². The summed E-state index contributed by atoms with van der Waals surface area (Å²) in [7, 11) is 2.07. The fraction of sp³-hybridized carbons (Fsp3) is 0.278. The van der Waals surface area contributed by atoms with Crippen LogP contribution >= 0.6 is 11.6 Å². The summed E-state index contributed by atoms with van der Waals surface area (Å²) in [6.45, 7) is 2.80. The summed E-state index contributed by atoms with van der Waals surface area (Å²) in [5.74, 6) is 0. The summed E-state index contributed by atoms with van der Waals surface area (Å²) in [6.07, 6.45) is 4.94. The Balaban J connectivity index is 1.47. The molecule has 3 rings (SSSR count). The van der Waals surface area contributed by atoms with Crippen LogP contribution < -0.4 is 10.6 Å². The van der Waals surface area contributed by atoms with E-state index in [0.717, 1.165) is 42.6 Å². The van der Waals surface area contributed by atoms with Crippen molar-refractivity contribution in [1.29, 1.82) is 0 Å². The first kappa shape index (κ1) is 15.8. The summed E-state index contributed by atoms with van der Waals surface area (Å²) >= 11 is 6.02. The van der Waals surface area contributed by atoms with Gasteiger partial charge in [-0.3, -0.25) is 4.98 Å². The lowest BCUT2D eigenvalue weighted by atomic mass is 10.2. The first-order chi connectivity index (χ1) is 11.2. The third-order valence-corrected chi connectivity index (χ3v) is 4.14. The molecule has 2 aromatic heterocycles. The number of rotatable bonds is 7. The lowest BCUT2D eigenvalue weighted by Gasteiger charge is -2.10. The predicted octanol–water partition coefficient (Wildman–Crippen LogP) is 3.82. The van der Waals surface area contributed by atoms with Crippen molar-refractivity contribution < 1.29 is 0 Å². The zero-order chi connectivity index (χ0) is 16.1. The van der Waals surface area contributed by atoms with Crippen LogP contribution in [0.25, 0.3) is 10.9 Å².